The van der Waals surface area contributed by atoms with Crippen LogP contribution in [-0.2, 0) is 13.0 Å². The maximum absolute atomic E-state index is 13.1. The summed E-state index contributed by atoms with van der Waals surface area (Å²) in [7, 11) is 3.19. The van der Waals surface area contributed by atoms with Crippen molar-refractivity contribution >= 4 is 11.8 Å². The highest BCUT2D eigenvalue weighted by atomic mass is 32.2. The minimum atomic E-state index is -0.428. The lowest BCUT2D eigenvalue weighted by molar-refractivity contribution is 0.352. The highest BCUT2D eigenvalue weighted by molar-refractivity contribution is 7.99. The largest absolute Gasteiger partial charge is 0.493 e. The summed E-state index contributed by atoms with van der Waals surface area (Å²) in [4.78, 5) is 17.4. The first-order chi connectivity index (χ1) is 12.6. The van der Waals surface area contributed by atoms with Gasteiger partial charge in [-0.3, -0.25) is 9.36 Å². The third kappa shape index (κ3) is 2.73. The predicted molar refractivity (Wildman–Crippen MR) is 98.6 cm³/mol. The van der Waals surface area contributed by atoms with Gasteiger partial charge in [-0.15, -0.1) is 0 Å². The average Bonchev–Trinajstić information content (AvgIpc) is 2.67. The molecule has 0 unspecified atom stereocenters. The quantitative estimate of drug-likeness (QED) is 0.790. The number of rotatable bonds is 3. The number of thioether (sulfide) groups is 1. The Morgan fingerprint density at radius 2 is 2.08 bits per heavy atom. The number of nitrogens with one attached hydrogen (secondary N) is 1. The SMILES string of the molecule is COc1cc2c(cc1OC)[C@H](c1c(O)nc3n(c1=O)CCCS3)NCC2. The van der Waals surface area contributed by atoms with E-state index in [1.807, 2.05) is 12.1 Å². The summed E-state index contributed by atoms with van der Waals surface area (Å²) in [6.07, 6.45) is 1.73. The Balaban J connectivity index is 1.88. The van der Waals surface area contributed by atoms with Crippen molar-refractivity contribution in [3.05, 3.63) is 39.2 Å². The number of aromatic nitrogens is 2. The Labute approximate surface area is 155 Å². The molecule has 0 spiro atoms. The van der Waals surface area contributed by atoms with Crippen molar-refractivity contribution in [2.24, 2.45) is 0 Å². The van der Waals surface area contributed by atoms with E-state index in [4.69, 9.17) is 9.47 Å². The Hall–Kier alpha value is -2.19. The van der Waals surface area contributed by atoms with Gasteiger partial charge in [0, 0.05) is 18.8 Å². The molecular weight excluding hydrogens is 354 g/mol. The summed E-state index contributed by atoms with van der Waals surface area (Å²) < 4.78 is 12.5. The van der Waals surface area contributed by atoms with Gasteiger partial charge in [0.1, 0.15) is 5.56 Å². The van der Waals surface area contributed by atoms with Gasteiger partial charge >= 0.3 is 0 Å². The molecule has 3 heterocycles. The Morgan fingerprint density at radius 1 is 1.31 bits per heavy atom. The van der Waals surface area contributed by atoms with Gasteiger partial charge in [-0.1, -0.05) is 11.8 Å². The first-order valence-electron chi connectivity index (χ1n) is 8.58. The van der Waals surface area contributed by atoms with Gasteiger partial charge in [0.15, 0.2) is 16.7 Å². The molecule has 0 fully saturated rings. The van der Waals surface area contributed by atoms with Crippen LogP contribution < -0.4 is 20.3 Å². The molecule has 2 aromatic rings. The maximum Gasteiger partial charge on any atom is 0.263 e. The first kappa shape index (κ1) is 17.2. The molecule has 0 bridgehead atoms. The number of aromatic hydroxyl groups is 1. The Morgan fingerprint density at radius 3 is 2.85 bits per heavy atom. The molecule has 1 atom stereocenters. The van der Waals surface area contributed by atoms with E-state index in [1.54, 1.807) is 18.8 Å². The number of ether oxygens (including phenoxy) is 2. The van der Waals surface area contributed by atoms with Crippen LogP contribution in [0.15, 0.2) is 22.1 Å². The molecule has 1 aromatic carbocycles. The second-order valence-corrected chi connectivity index (χ2v) is 7.40. The van der Waals surface area contributed by atoms with E-state index in [9.17, 15) is 9.90 Å². The first-order valence-corrected chi connectivity index (χ1v) is 9.57. The van der Waals surface area contributed by atoms with Crippen molar-refractivity contribution in [3.63, 3.8) is 0 Å². The zero-order valence-corrected chi connectivity index (χ0v) is 15.6. The molecule has 0 radical (unpaired) electrons. The molecule has 0 saturated carbocycles. The Bertz CT molecular complexity index is 912. The van der Waals surface area contributed by atoms with Crippen LogP contribution in [0.2, 0.25) is 0 Å². The van der Waals surface area contributed by atoms with Crippen molar-refractivity contribution < 1.29 is 14.6 Å². The van der Waals surface area contributed by atoms with Crippen molar-refractivity contribution in [3.8, 4) is 17.4 Å². The standard InChI is InChI=1S/C18H21N3O4S/c1-24-12-8-10-4-5-19-15(11(10)9-13(12)25-2)14-16(22)20-18-21(17(14)23)6-3-7-26-18/h8-9,15,19,22H,3-7H2,1-2H3/t15-/m1/s1. The van der Waals surface area contributed by atoms with Gasteiger partial charge in [0.25, 0.3) is 5.56 Å². The molecule has 0 saturated heterocycles. The fourth-order valence-electron chi connectivity index (χ4n) is 3.63. The number of nitrogens with zero attached hydrogens (tertiary/aromatic N) is 2. The van der Waals surface area contributed by atoms with Crippen molar-refractivity contribution in [1.82, 2.24) is 14.9 Å². The highest BCUT2D eigenvalue weighted by Gasteiger charge is 2.31. The lowest BCUT2D eigenvalue weighted by Gasteiger charge is -2.29. The van der Waals surface area contributed by atoms with E-state index in [1.165, 1.54) is 11.8 Å². The van der Waals surface area contributed by atoms with Crippen LogP contribution in [0.5, 0.6) is 17.4 Å². The summed E-state index contributed by atoms with van der Waals surface area (Å²) >= 11 is 1.50. The fourth-order valence-corrected chi connectivity index (χ4v) is 4.56. The molecular formula is C18H21N3O4S. The predicted octanol–water partition coefficient (Wildman–Crippen LogP) is 1.70. The smallest absolute Gasteiger partial charge is 0.263 e. The molecule has 0 aliphatic carbocycles. The van der Waals surface area contributed by atoms with Crippen LogP contribution in [0.4, 0.5) is 0 Å². The number of fused-ring (bicyclic) bond motifs is 2. The van der Waals surface area contributed by atoms with Crippen LogP contribution in [0.1, 0.15) is 29.2 Å². The Kier molecular flexibility index (Phi) is 4.54. The molecule has 2 N–H and O–H groups in total. The molecule has 2 aliphatic heterocycles. The minimum Gasteiger partial charge on any atom is -0.493 e. The van der Waals surface area contributed by atoms with Gasteiger partial charge in [0.05, 0.1) is 20.3 Å². The average molecular weight is 375 g/mol. The monoisotopic (exact) mass is 375 g/mol. The third-order valence-corrected chi connectivity index (χ3v) is 5.96. The van der Waals surface area contributed by atoms with Crippen LogP contribution in [-0.4, -0.2) is 41.2 Å². The fraction of sp³-hybridized carbons (Fsp3) is 0.444. The molecule has 26 heavy (non-hydrogen) atoms. The number of benzene rings is 1. The summed E-state index contributed by atoms with van der Waals surface area (Å²) in [6, 6.07) is 3.39. The second-order valence-electron chi connectivity index (χ2n) is 6.33. The summed E-state index contributed by atoms with van der Waals surface area (Å²) in [5.41, 5.74) is 2.10. The van der Waals surface area contributed by atoms with Crippen LogP contribution in [0.3, 0.4) is 0 Å². The zero-order chi connectivity index (χ0) is 18.3. The van der Waals surface area contributed by atoms with Crippen molar-refractivity contribution in [2.45, 2.75) is 30.6 Å². The van der Waals surface area contributed by atoms with Crippen LogP contribution >= 0.6 is 11.8 Å². The third-order valence-electron chi connectivity index (χ3n) is 4.89. The minimum absolute atomic E-state index is 0.181. The second kappa shape index (κ2) is 6.85. The molecule has 2 aliphatic rings. The van der Waals surface area contributed by atoms with E-state index in [-0.39, 0.29) is 11.4 Å². The van der Waals surface area contributed by atoms with Crippen LogP contribution in [0, 0.1) is 0 Å². The number of hydrogen-bond acceptors (Lipinski definition) is 7. The molecule has 138 valence electrons. The van der Waals surface area contributed by atoms with Gasteiger partial charge in [0.2, 0.25) is 5.88 Å². The molecule has 8 heteroatoms. The van der Waals surface area contributed by atoms with Crippen LogP contribution in [0.25, 0.3) is 0 Å². The van der Waals surface area contributed by atoms with E-state index in [0.29, 0.717) is 35.3 Å². The lowest BCUT2D eigenvalue weighted by Crippen LogP contribution is -2.37. The lowest BCUT2D eigenvalue weighted by atomic mass is 9.90. The van der Waals surface area contributed by atoms with Gasteiger partial charge < -0.3 is 19.9 Å². The number of methoxy groups -OCH3 is 2. The molecule has 7 nitrogen and oxygen atoms in total. The zero-order valence-electron chi connectivity index (χ0n) is 14.7. The van der Waals surface area contributed by atoms with E-state index in [0.717, 1.165) is 29.7 Å². The maximum atomic E-state index is 13.1. The molecule has 4 rings (SSSR count). The summed E-state index contributed by atoms with van der Waals surface area (Å²) in [5, 5.41) is 14.5. The number of hydrogen-bond donors (Lipinski definition) is 2. The van der Waals surface area contributed by atoms with E-state index in [2.05, 4.69) is 10.3 Å². The van der Waals surface area contributed by atoms with Crippen molar-refractivity contribution in [2.75, 3.05) is 26.5 Å². The topological polar surface area (TPSA) is 85.6 Å². The summed E-state index contributed by atoms with van der Waals surface area (Å²) in [6.45, 7) is 1.33. The summed E-state index contributed by atoms with van der Waals surface area (Å²) in [5.74, 6) is 1.97. The van der Waals surface area contributed by atoms with Gasteiger partial charge in [-0.2, -0.15) is 4.98 Å². The molecule has 1 aromatic heterocycles. The van der Waals surface area contributed by atoms with E-state index < -0.39 is 6.04 Å². The van der Waals surface area contributed by atoms with Gasteiger partial charge in [-0.05, 0) is 36.1 Å². The van der Waals surface area contributed by atoms with Crippen molar-refractivity contribution in [1.29, 1.82) is 0 Å². The normalized spacial score (nSPS) is 18.8. The highest BCUT2D eigenvalue weighted by Crippen LogP contribution is 2.38. The van der Waals surface area contributed by atoms with Gasteiger partial charge in [-0.25, -0.2) is 0 Å². The van der Waals surface area contributed by atoms with E-state index >= 15 is 0 Å². The molecule has 0 amide bonds.